The summed E-state index contributed by atoms with van der Waals surface area (Å²) in [4.78, 5) is 18.7. The van der Waals surface area contributed by atoms with E-state index in [9.17, 15) is 4.79 Å². The first kappa shape index (κ1) is 16.3. The van der Waals surface area contributed by atoms with Crippen molar-refractivity contribution in [1.29, 1.82) is 0 Å². The van der Waals surface area contributed by atoms with Crippen LogP contribution in [0.4, 0.5) is 0 Å². The van der Waals surface area contributed by atoms with Crippen LogP contribution in [-0.2, 0) is 11.3 Å². The minimum atomic E-state index is -0.0570. The molecule has 0 N–H and O–H groups in total. The van der Waals surface area contributed by atoms with Crippen molar-refractivity contribution in [2.45, 2.75) is 18.9 Å². The second-order valence-corrected chi connectivity index (χ2v) is 6.31. The Labute approximate surface area is 151 Å². The van der Waals surface area contributed by atoms with E-state index < -0.39 is 0 Å². The van der Waals surface area contributed by atoms with Crippen LogP contribution in [0.5, 0.6) is 5.75 Å². The van der Waals surface area contributed by atoms with Crippen LogP contribution in [0.25, 0.3) is 11.5 Å². The van der Waals surface area contributed by atoms with Gasteiger partial charge in [-0.15, -0.1) is 0 Å². The zero-order chi connectivity index (χ0) is 17.9. The van der Waals surface area contributed by atoms with Crippen molar-refractivity contribution in [3.8, 4) is 17.2 Å². The van der Waals surface area contributed by atoms with E-state index in [4.69, 9.17) is 9.26 Å². The monoisotopic (exact) mass is 349 g/mol. The standard InChI is InChI=1S/C20H19N3O3/c1-25-17-10-6-5-9-15(17)12-23-13-16(11-18(23)24)19-21-20(26-22-19)14-7-3-2-4-8-14/h2-10,16H,11-13H2,1H3. The molecule has 1 atom stereocenters. The van der Waals surface area contributed by atoms with Crippen LogP contribution in [0.3, 0.4) is 0 Å². The van der Waals surface area contributed by atoms with Crippen molar-refractivity contribution in [1.82, 2.24) is 15.0 Å². The quantitative estimate of drug-likeness (QED) is 0.707. The van der Waals surface area contributed by atoms with Gasteiger partial charge in [0.2, 0.25) is 5.91 Å². The van der Waals surface area contributed by atoms with E-state index in [-0.39, 0.29) is 11.8 Å². The lowest BCUT2D eigenvalue weighted by Crippen LogP contribution is -2.24. The van der Waals surface area contributed by atoms with Crippen LogP contribution >= 0.6 is 0 Å². The van der Waals surface area contributed by atoms with Gasteiger partial charge < -0.3 is 14.2 Å². The molecule has 6 nitrogen and oxygen atoms in total. The van der Waals surface area contributed by atoms with E-state index in [0.717, 1.165) is 16.9 Å². The van der Waals surface area contributed by atoms with Crippen molar-refractivity contribution >= 4 is 5.91 Å². The summed E-state index contributed by atoms with van der Waals surface area (Å²) in [6, 6.07) is 17.4. The molecule has 4 rings (SSSR count). The van der Waals surface area contributed by atoms with Crippen molar-refractivity contribution < 1.29 is 14.1 Å². The molecule has 132 valence electrons. The fraction of sp³-hybridized carbons (Fsp3) is 0.250. The maximum Gasteiger partial charge on any atom is 0.257 e. The SMILES string of the molecule is COc1ccccc1CN1CC(c2noc(-c3ccccc3)n2)CC1=O. The molecular weight excluding hydrogens is 330 g/mol. The first-order chi connectivity index (χ1) is 12.7. The number of hydrogen-bond donors (Lipinski definition) is 0. The first-order valence-corrected chi connectivity index (χ1v) is 8.53. The van der Waals surface area contributed by atoms with E-state index in [2.05, 4.69) is 10.1 Å². The molecule has 1 saturated heterocycles. The number of para-hydroxylation sites is 1. The van der Waals surface area contributed by atoms with Gasteiger partial charge >= 0.3 is 0 Å². The van der Waals surface area contributed by atoms with E-state index in [1.54, 1.807) is 7.11 Å². The number of likely N-dealkylation sites (tertiary alicyclic amines) is 1. The molecule has 26 heavy (non-hydrogen) atoms. The van der Waals surface area contributed by atoms with Gasteiger partial charge in [-0.25, -0.2) is 0 Å². The lowest BCUT2D eigenvalue weighted by atomic mass is 10.1. The Kier molecular flexibility index (Phi) is 4.39. The maximum atomic E-state index is 12.4. The summed E-state index contributed by atoms with van der Waals surface area (Å²) >= 11 is 0. The molecule has 0 bridgehead atoms. The van der Waals surface area contributed by atoms with Gasteiger partial charge in [-0.05, 0) is 18.2 Å². The predicted octanol–water partition coefficient (Wildman–Crippen LogP) is 3.26. The Morgan fingerprint density at radius 1 is 1.15 bits per heavy atom. The highest BCUT2D eigenvalue weighted by atomic mass is 16.5. The number of methoxy groups -OCH3 is 1. The summed E-state index contributed by atoms with van der Waals surface area (Å²) in [6.07, 6.45) is 0.392. The summed E-state index contributed by atoms with van der Waals surface area (Å²) in [6.45, 7) is 1.09. The topological polar surface area (TPSA) is 68.5 Å². The number of rotatable bonds is 5. The van der Waals surface area contributed by atoms with E-state index in [1.807, 2.05) is 59.5 Å². The van der Waals surface area contributed by atoms with Gasteiger partial charge in [0.05, 0.1) is 7.11 Å². The molecule has 6 heteroatoms. The largest absolute Gasteiger partial charge is 0.496 e. The smallest absolute Gasteiger partial charge is 0.257 e. The molecule has 2 aromatic carbocycles. The van der Waals surface area contributed by atoms with Crippen molar-refractivity contribution in [2.75, 3.05) is 13.7 Å². The van der Waals surface area contributed by atoms with Crippen molar-refractivity contribution in [3.05, 3.63) is 66.0 Å². The summed E-state index contributed by atoms with van der Waals surface area (Å²) in [5.41, 5.74) is 1.86. The van der Waals surface area contributed by atoms with Crippen LogP contribution in [0.15, 0.2) is 59.1 Å². The molecule has 1 unspecified atom stereocenters. The molecule has 0 radical (unpaired) electrons. The van der Waals surface area contributed by atoms with Gasteiger partial charge in [-0.3, -0.25) is 4.79 Å². The first-order valence-electron chi connectivity index (χ1n) is 8.53. The third kappa shape index (κ3) is 3.18. The third-order valence-electron chi connectivity index (χ3n) is 4.60. The van der Waals surface area contributed by atoms with Gasteiger partial charge in [0.1, 0.15) is 5.75 Å². The van der Waals surface area contributed by atoms with Crippen molar-refractivity contribution in [2.24, 2.45) is 0 Å². The van der Waals surface area contributed by atoms with Gasteiger partial charge in [0.15, 0.2) is 5.82 Å². The predicted molar refractivity (Wildman–Crippen MR) is 95.5 cm³/mol. The van der Waals surface area contributed by atoms with E-state index in [1.165, 1.54) is 0 Å². The Bertz CT molecular complexity index is 907. The van der Waals surface area contributed by atoms with Gasteiger partial charge in [-0.2, -0.15) is 4.98 Å². The van der Waals surface area contributed by atoms with Gasteiger partial charge in [-0.1, -0.05) is 41.6 Å². The number of ether oxygens (including phenoxy) is 1. The Morgan fingerprint density at radius 3 is 2.73 bits per heavy atom. The molecule has 1 aliphatic rings. The zero-order valence-corrected chi connectivity index (χ0v) is 14.5. The molecule has 0 spiro atoms. The van der Waals surface area contributed by atoms with Crippen LogP contribution in [0, 0.1) is 0 Å². The summed E-state index contributed by atoms with van der Waals surface area (Å²) in [5, 5.41) is 4.09. The van der Waals surface area contributed by atoms with E-state index >= 15 is 0 Å². The fourth-order valence-electron chi connectivity index (χ4n) is 3.24. The number of benzene rings is 2. The summed E-state index contributed by atoms with van der Waals surface area (Å²) in [5.74, 6) is 1.89. The average molecular weight is 349 g/mol. The van der Waals surface area contributed by atoms with E-state index in [0.29, 0.717) is 31.2 Å². The highest BCUT2D eigenvalue weighted by molar-refractivity contribution is 5.79. The van der Waals surface area contributed by atoms with Crippen LogP contribution in [0.2, 0.25) is 0 Å². The third-order valence-corrected chi connectivity index (χ3v) is 4.60. The summed E-state index contributed by atoms with van der Waals surface area (Å²) < 4.78 is 10.8. The van der Waals surface area contributed by atoms with Gasteiger partial charge in [0.25, 0.3) is 5.89 Å². The molecule has 1 aromatic heterocycles. The minimum Gasteiger partial charge on any atom is -0.496 e. The number of aromatic nitrogens is 2. The second-order valence-electron chi connectivity index (χ2n) is 6.31. The molecule has 1 fully saturated rings. The number of hydrogen-bond acceptors (Lipinski definition) is 5. The van der Waals surface area contributed by atoms with Crippen LogP contribution in [-0.4, -0.2) is 34.6 Å². The molecular formula is C20H19N3O3. The number of amides is 1. The Balaban J connectivity index is 1.49. The van der Waals surface area contributed by atoms with Gasteiger partial charge in [0, 0.05) is 36.6 Å². The number of carbonyl (C=O) groups excluding carboxylic acids is 1. The van der Waals surface area contributed by atoms with Crippen LogP contribution < -0.4 is 4.74 Å². The highest BCUT2D eigenvalue weighted by Gasteiger charge is 2.34. The molecule has 1 aliphatic heterocycles. The molecule has 0 saturated carbocycles. The lowest BCUT2D eigenvalue weighted by Gasteiger charge is -2.17. The van der Waals surface area contributed by atoms with Crippen molar-refractivity contribution in [3.63, 3.8) is 0 Å². The fourth-order valence-corrected chi connectivity index (χ4v) is 3.24. The lowest BCUT2D eigenvalue weighted by molar-refractivity contribution is -0.128. The average Bonchev–Trinajstić information content (AvgIpc) is 3.30. The summed E-state index contributed by atoms with van der Waals surface area (Å²) in [7, 11) is 1.64. The molecule has 3 aromatic rings. The minimum absolute atomic E-state index is 0.0570. The second kappa shape index (κ2) is 7.00. The highest BCUT2D eigenvalue weighted by Crippen LogP contribution is 2.30. The maximum absolute atomic E-state index is 12.4. The zero-order valence-electron chi connectivity index (χ0n) is 14.5. The normalized spacial score (nSPS) is 16.9. The molecule has 1 amide bonds. The molecule has 0 aliphatic carbocycles. The number of nitrogens with zero attached hydrogens (tertiary/aromatic N) is 3. The number of carbonyl (C=O) groups is 1. The molecule has 2 heterocycles. The van der Waals surface area contributed by atoms with Crippen LogP contribution in [0.1, 0.15) is 23.7 Å². The Morgan fingerprint density at radius 2 is 1.92 bits per heavy atom. The Hall–Kier alpha value is -3.15.